The molecule has 2 heterocycles. The Hall–Kier alpha value is -1.17. The number of nitrogens with zero attached hydrogens (tertiary/aromatic N) is 3. The Morgan fingerprint density at radius 1 is 1.35 bits per heavy atom. The van der Waals surface area contributed by atoms with E-state index < -0.39 is 0 Å². The average molecular weight is 337 g/mol. The summed E-state index contributed by atoms with van der Waals surface area (Å²) >= 11 is 5.21. The van der Waals surface area contributed by atoms with Crippen molar-refractivity contribution in [2.75, 3.05) is 13.1 Å². The largest absolute Gasteiger partial charge is 0.342 e. The molecule has 1 aromatic heterocycles. The number of nitrogens with one attached hydrogen (secondary N) is 1. The van der Waals surface area contributed by atoms with Crippen LogP contribution < -0.4 is 0 Å². The highest BCUT2D eigenvalue weighted by Gasteiger charge is 2.29. The molecule has 1 aliphatic heterocycles. The molecule has 1 aliphatic carbocycles. The summed E-state index contributed by atoms with van der Waals surface area (Å²) in [5, 5.41) is 7.23. The van der Waals surface area contributed by atoms with Gasteiger partial charge >= 0.3 is 0 Å². The SMILES string of the molecule is C[C@H]1CCC[C@@H](CC(=O)N2CCC[C@@H](c3n[nH]c(=S)n3C)C2)C1. The monoisotopic (exact) mass is 336 g/mol. The average Bonchev–Trinajstić information content (AvgIpc) is 2.87. The Kier molecular flexibility index (Phi) is 5.19. The van der Waals surface area contributed by atoms with Crippen LogP contribution in [0.15, 0.2) is 0 Å². The van der Waals surface area contributed by atoms with Gasteiger partial charge in [0.15, 0.2) is 4.77 Å². The molecule has 1 saturated carbocycles. The highest BCUT2D eigenvalue weighted by molar-refractivity contribution is 7.71. The molecule has 23 heavy (non-hydrogen) atoms. The molecule has 0 aromatic carbocycles. The van der Waals surface area contributed by atoms with Crippen LogP contribution in [0.4, 0.5) is 0 Å². The van der Waals surface area contributed by atoms with Crippen molar-refractivity contribution in [1.82, 2.24) is 19.7 Å². The van der Waals surface area contributed by atoms with Crippen LogP contribution in [0.25, 0.3) is 0 Å². The number of H-pyrrole nitrogens is 1. The predicted octanol–water partition coefficient (Wildman–Crippen LogP) is 3.40. The molecular formula is C17H28N4OS. The smallest absolute Gasteiger partial charge is 0.222 e. The second-order valence-electron chi connectivity index (χ2n) is 7.47. The van der Waals surface area contributed by atoms with Crippen LogP contribution in [0.5, 0.6) is 0 Å². The molecule has 0 bridgehead atoms. The van der Waals surface area contributed by atoms with Gasteiger partial charge in [0.25, 0.3) is 0 Å². The molecule has 0 radical (unpaired) electrons. The summed E-state index contributed by atoms with van der Waals surface area (Å²) in [6.45, 7) is 4.00. The Labute approximate surface area is 143 Å². The van der Waals surface area contributed by atoms with Crippen molar-refractivity contribution in [1.29, 1.82) is 0 Å². The molecule has 1 amide bonds. The van der Waals surface area contributed by atoms with E-state index in [1.807, 2.05) is 11.6 Å². The van der Waals surface area contributed by atoms with Crippen LogP contribution in [-0.2, 0) is 11.8 Å². The molecule has 0 unspecified atom stereocenters. The highest BCUT2D eigenvalue weighted by Crippen LogP contribution is 2.32. The van der Waals surface area contributed by atoms with Gasteiger partial charge < -0.3 is 9.47 Å². The van der Waals surface area contributed by atoms with Gasteiger partial charge in [0, 0.05) is 32.5 Å². The highest BCUT2D eigenvalue weighted by atomic mass is 32.1. The lowest BCUT2D eigenvalue weighted by molar-refractivity contribution is -0.133. The predicted molar refractivity (Wildman–Crippen MR) is 92.7 cm³/mol. The number of carbonyl (C=O) groups excluding carboxylic acids is 1. The molecule has 3 atom stereocenters. The fourth-order valence-corrected chi connectivity index (χ4v) is 4.40. The molecule has 2 aliphatic rings. The third-order valence-electron chi connectivity index (χ3n) is 5.56. The molecular weight excluding hydrogens is 308 g/mol. The van der Waals surface area contributed by atoms with Gasteiger partial charge in [-0.3, -0.25) is 9.89 Å². The molecule has 1 N–H and O–H groups in total. The number of aromatic nitrogens is 3. The van der Waals surface area contributed by atoms with Gasteiger partial charge in [-0.1, -0.05) is 19.8 Å². The molecule has 0 spiro atoms. The van der Waals surface area contributed by atoms with Crippen LogP contribution in [0.3, 0.4) is 0 Å². The number of hydrogen-bond donors (Lipinski definition) is 1. The Bertz CT molecular complexity index is 608. The van der Waals surface area contributed by atoms with Gasteiger partial charge in [-0.2, -0.15) is 5.10 Å². The summed E-state index contributed by atoms with van der Waals surface area (Å²) in [4.78, 5) is 14.8. The fourth-order valence-electron chi connectivity index (χ4n) is 4.26. The van der Waals surface area contributed by atoms with E-state index in [2.05, 4.69) is 22.0 Å². The first kappa shape index (κ1) is 16.7. The number of aromatic amines is 1. The standard InChI is InChI=1S/C17H28N4OS/c1-12-5-3-6-13(9-12)10-15(22)21-8-4-7-14(11-21)16-18-19-17(23)20(16)2/h12-14H,3-11H2,1-2H3,(H,19,23)/t12-,13+,14+/m0/s1. The zero-order valence-electron chi connectivity index (χ0n) is 14.3. The number of amides is 1. The minimum Gasteiger partial charge on any atom is -0.342 e. The summed E-state index contributed by atoms with van der Waals surface area (Å²) in [7, 11) is 1.95. The summed E-state index contributed by atoms with van der Waals surface area (Å²) in [6, 6.07) is 0. The van der Waals surface area contributed by atoms with Gasteiger partial charge in [0.2, 0.25) is 5.91 Å². The third kappa shape index (κ3) is 3.84. The number of piperidine rings is 1. The molecule has 1 aromatic rings. The Morgan fingerprint density at radius 3 is 2.87 bits per heavy atom. The molecule has 6 heteroatoms. The summed E-state index contributed by atoms with van der Waals surface area (Å²) in [5.74, 6) is 3.00. The van der Waals surface area contributed by atoms with E-state index in [-0.39, 0.29) is 0 Å². The van der Waals surface area contributed by atoms with Gasteiger partial charge in [0.05, 0.1) is 0 Å². The number of carbonyl (C=O) groups is 1. The van der Waals surface area contributed by atoms with Gasteiger partial charge in [-0.05, 0) is 49.7 Å². The first-order valence-electron chi connectivity index (χ1n) is 8.93. The van der Waals surface area contributed by atoms with Gasteiger partial charge in [-0.25, -0.2) is 0 Å². The number of rotatable bonds is 3. The van der Waals surface area contributed by atoms with Crippen LogP contribution in [0, 0.1) is 16.6 Å². The second-order valence-corrected chi connectivity index (χ2v) is 7.85. The molecule has 2 fully saturated rings. The van der Waals surface area contributed by atoms with Crippen LogP contribution in [-0.4, -0.2) is 38.7 Å². The second kappa shape index (κ2) is 7.16. The zero-order valence-corrected chi connectivity index (χ0v) is 15.1. The number of likely N-dealkylation sites (tertiary alicyclic amines) is 1. The maximum atomic E-state index is 12.7. The number of hydrogen-bond acceptors (Lipinski definition) is 3. The van der Waals surface area contributed by atoms with E-state index in [1.54, 1.807) is 0 Å². The van der Waals surface area contributed by atoms with Crippen LogP contribution in [0.2, 0.25) is 0 Å². The lowest BCUT2D eigenvalue weighted by Crippen LogP contribution is -2.40. The van der Waals surface area contributed by atoms with Gasteiger partial charge in [-0.15, -0.1) is 0 Å². The topological polar surface area (TPSA) is 53.9 Å². The van der Waals surface area contributed by atoms with Crippen molar-refractivity contribution >= 4 is 18.1 Å². The molecule has 1 saturated heterocycles. The quantitative estimate of drug-likeness (QED) is 0.861. The van der Waals surface area contributed by atoms with Crippen LogP contribution >= 0.6 is 12.2 Å². The minimum atomic E-state index is 0.302. The minimum absolute atomic E-state index is 0.302. The normalized spacial score (nSPS) is 28.8. The van der Waals surface area contributed by atoms with E-state index >= 15 is 0 Å². The van der Waals surface area contributed by atoms with E-state index in [4.69, 9.17) is 12.2 Å². The molecule has 128 valence electrons. The van der Waals surface area contributed by atoms with E-state index in [1.165, 1.54) is 25.7 Å². The first-order chi connectivity index (χ1) is 11.0. The van der Waals surface area contributed by atoms with Crippen molar-refractivity contribution in [3.05, 3.63) is 10.6 Å². The van der Waals surface area contributed by atoms with Crippen molar-refractivity contribution < 1.29 is 4.79 Å². The van der Waals surface area contributed by atoms with Crippen molar-refractivity contribution in [2.45, 2.75) is 57.8 Å². The molecule has 5 nitrogen and oxygen atoms in total. The Balaban J connectivity index is 1.60. The summed E-state index contributed by atoms with van der Waals surface area (Å²) in [6.07, 6.45) is 7.92. The van der Waals surface area contributed by atoms with E-state index in [0.29, 0.717) is 22.5 Å². The summed E-state index contributed by atoms with van der Waals surface area (Å²) in [5.41, 5.74) is 0. The van der Waals surface area contributed by atoms with Gasteiger partial charge in [0.1, 0.15) is 5.82 Å². The maximum Gasteiger partial charge on any atom is 0.222 e. The van der Waals surface area contributed by atoms with Crippen LogP contribution in [0.1, 0.15) is 63.6 Å². The lowest BCUT2D eigenvalue weighted by Gasteiger charge is -2.34. The maximum absolute atomic E-state index is 12.7. The van der Waals surface area contributed by atoms with Crippen molar-refractivity contribution in [3.63, 3.8) is 0 Å². The van der Waals surface area contributed by atoms with E-state index in [9.17, 15) is 4.79 Å². The summed E-state index contributed by atoms with van der Waals surface area (Å²) < 4.78 is 2.59. The first-order valence-corrected chi connectivity index (χ1v) is 9.34. The lowest BCUT2D eigenvalue weighted by atomic mass is 9.80. The van der Waals surface area contributed by atoms with E-state index in [0.717, 1.165) is 44.1 Å². The Morgan fingerprint density at radius 2 is 2.17 bits per heavy atom. The fraction of sp³-hybridized carbons (Fsp3) is 0.824. The molecule has 3 rings (SSSR count). The third-order valence-corrected chi connectivity index (χ3v) is 5.93. The van der Waals surface area contributed by atoms with Crippen molar-refractivity contribution in [2.24, 2.45) is 18.9 Å². The zero-order chi connectivity index (χ0) is 16.4. The van der Waals surface area contributed by atoms with Crippen molar-refractivity contribution in [3.8, 4) is 0 Å².